The Morgan fingerprint density at radius 2 is 1.86 bits per heavy atom. The summed E-state index contributed by atoms with van der Waals surface area (Å²) in [6.07, 6.45) is 0.486. The van der Waals surface area contributed by atoms with Gasteiger partial charge < -0.3 is 16.0 Å². The van der Waals surface area contributed by atoms with Gasteiger partial charge in [0.15, 0.2) is 5.96 Å². The van der Waals surface area contributed by atoms with Gasteiger partial charge in [-0.05, 0) is 56.0 Å². The smallest absolute Gasteiger partial charge is 0.225 e. The number of para-hydroxylation sites is 1. The Morgan fingerprint density at radius 3 is 2.57 bits per heavy atom. The van der Waals surface area contributed by atoms with Crippen LogP contribution in [0.15, 0.2) is 41.4 Å². The zero-order valence-electron chi connectivity index (χ0n) is 17.2. The van der Waals surface area contributed by atoms with Crippen LogP contribution in [0, 0.1) is 20.8 Å². The van der Waals surface area contributed by atoms with Gasteiger partial charge in [0.2, 0.25) is 5.91 Å². The fourth-order valence-electron chi connectivity index (χ4n) is 3.86. The number of benzene rings is 2. The molecule has 3 rings (SSSR count). The molecule has 0 radical (unpaired) electrons. The van der Waals surface area contributed by atoms with Crippen molar-refractivity contribution in [3.05, 3.63) is 64.2 Å². The van der Waals surface area contributed by atoms with Crippen molar-refractivity contribution >= 4 is 17.6 Å². The summed E-state index contributed by atoms with van der Waals surface area (Å²) in [6, 6.07) is 12.4. The van der Waals surface area contributed by atoms with E-state index in [0.29, 0.717) is 19.5 Å². The lowest BCUT2D eigenvalue weighted by atomic mass is 9.90. The van der Waals surface area contributed by atoms with Crippen LogP contribution in [-0.4, -0.2) is 25.0 Å². The lowest BCUT2D eigenvalue weighted by molar-refractivity contribution is -0.116. The fraction of sp³-hybridized carbons (Fsp3) is 0.391. The number of carbonyl (C=O) groups excluding carboxylic acids is 1. The molecule has 1 unspecified atom stereocenters. The molecule has 1 amide bonds. The maximum Gasteiger partial charge on any atom is 0.225 e. The maximum absolute atomic E-state index is 12.0. The number of fused-ring (bicyclic) bond motifs is 1. The van der Waals surface area contributed by atoms with Crippen molar-refractivity contribution in [1.29, 1.82) is 0 Å². The van der Waals surface area contributed by atoms with E-state index in [1.807, 2.05) is 18.2 Å². The summed E-state index contributed by atoms with van der Waals surface area (Å²) in [5.41, 5.74) is 7.19. The first-order valence-electron chi connectivity index (χ1n) is 9.95. The number of rotatable bonds is 5. The van der Waals surface area contributed by atoms with E-state index in [-0.39, 0.29) is 11.8 Å². The van der Waals surface area contributed by atoms with E-state index >= 15 is 0 Å². The monoisotopic (exact) mass is 378 g/mol. The molecule has 0 saturated carbocycles. The van der Waals surface area contributed by atoms with Gasteiger partial charge in [-0.25, -0.2) is 4.99 Å². The molecule has 0 spiro atoms. The second-order valence-corrected chi connectivity index (χ2v) is 7.49. The van der Waals surface area contributed by atoms with Crippen molar-refractivity contribution in [3.63, 3.8) is 0 Å². The number of guanidine groups is 1. The first kappa shape index (κ1) is 19.9. The summed E-state index contributed by atoms with van der Waals surface area (Å²) in [6.45, 7) is 10.6. The number of nitrogens with zero attached hydrogens (tertiary/aromatic N) is 1. The number of amides is 1. The van der Waals surface area contributed by atoms with Gasteiger partial charge in [-0.15, -0.1) is 0 Å². The second kappa shape index (κ2) is 8.91. The number of hydrogen-bond acceptors (Lipinski definition) is 2. The maximum atomic E-state index is 12.0. The van der Waals surface area contributed by atoms with Crippen molar-refractivity contribution in [2.24, 2.45) is 4.99 Å². The van der Waals surface area contributed by atoms with Crippen LogP contribution in [0.4, 0.5) is 5.69 Å². The van der Waals surface area contributed by atoms with E-state index in [1.54, 1.807) is 0 Å². The third-order valence-electron chi connectivity index (χ3n) is 5.20. The summed E-state index contributed by atoms with van der Waals surface area (Å²) < 4.78 is 0. The number of anilines is 1. The minimum absolute atomic E-state index is 0.0679. The quantitative estimate of drug-likeness (QED) is 0.548. The molecule has 0 saturated heterocycles. The molecular formula is C23H30N4O. The van der Waals surface area contributed by atoms with Crippen molar-refractivity contribution in [2.45, 2.75) is 46.6 Å². The molecule has 148 valence electrons. The van der Waals surface area contributed by atoms with Gasteiger partial charge in [0.05, 0.1) is 6.54 Å². The molecule has 3 N–H and O–H groups in total. The first-order valence-corrected chi connectivity index (χ1v) is 9.95. The van der Waals surface area contributed by atoms with E-state index in [4.69, 9.17) is 4.99 Å². The number of aryl methyl sites for hydroxylation is 3. The molecule has 2 aromatic carbocycles. The molecule has 1 atom stereocenters. The normalized spacial score (nSPS) is 16.4. The third kappa shape index (κ3) is 4.71. The Labute approximate surface area is 167 Å². The highest BCUT2D eigenvalue weighted by Gasteiger charge is 2.24. The Bertz CT molecular complexity index is 865. The highest BCUT2D eigenvalue weighted by atomic mass is 16.1. The number of nitrogens with one attached hydrogen (secondary N) is 3. The Morgan fingerprint density at radius 1 is 1.14 bits per heavy atom. The largest absolute Gasteiger partial charge is 0.357 e. The van der Waals surface area contributed by atoms with Gasteiger partial charge in [-0.1, -0.05) is 35.9 Å². The van der Waals surface area contributed by atoms with Crippen LogP contribution in [0.5, 0.6) is 0 Å². The molecule has 1 heterocycles. The standard InChI is InChI=1S/C23H30N4O/c1-5-24-23(26-14-20-16(3)10-15(2)11-17(20)4)25-13-18-12-22(28)27-21-9-7-6-8-19(18)21/h6-11,18H,5,12-14H2,1-4H3,(H,27,28)(H2,24,25,26). The van der Waals surface area contributed by atoms with Crippen molar-refractivity contribution in [3.8, 4) is 0 Å². The van der Waals surface area contributed by atoms with E-state index in [0.717, 1.165) is 18.2 Å². The van der Waals surface area contributed by atoms with Crippen LogP contribution >= 0.6 is 0 Å². The van der Waals surface area contributed by atoms with Crippen LogP contribution in [0.2, 0.25) is 0 Å². The molecular weight excluding hydrogens is 348 g/mol. The predicted octanol–water partition coefficient (Wildman–Crippen LogP) is 3.79. The molecule has 2 aromatic rings. The molecule has 0 bridgehead atoms. The topological polar surface area (TPSA) is 65.5 Å². The molecule has 28 heavy (non-hydrogen) atoms. The first-order chi connectivity index (χ1) is 13.5. The van der Waals surface area contributed by atoms with Gasteiger partial charge in [0, 0.05) is 31.1 Å². The van der Waals surface area contributed by atoms with Gasteiger partial charge in [-0.2, -0.15) is 0 Å². The van der Waals surface area contributed by atoms with E-state index in [9.17, 15) is 4.79 Å². The van der Waals surface area contributed by atoms with Crippen molar-refractivity contribution in [2.75, 3.05) is 18.4 Å². The fourth-order valence-corrected chi connectivity index (χ4v) is 3.86. The molecule has 5 nitrogen and oxygen atoms in total. The zero-order valence-corrected chi connectivity index (χ0v) is 17.2. The van der Waals surface area contributed by atoms with E-state index < -0.39 is 0 Å². The molecule has 0 fully saturated rings. The Balaban J connectivity index is 1.72. The molecule has 0 aliphatic carbocycles. The molecule has 5 heteroatoms. The van der Waals surface area contributed by atoms with Crippen LogP contribution in [0.25, 0.3) is 0 Å². The van der Waals surface area contributed by atoms with Crippen LogP contribution in [0.3, 0.4) is 0 Å². The average Bonchev–Trinajstić information content (AvgIpc) is 2.64. The van der Waals surface area contributed by atoms with Gasteiger partial charge >= 0.3 is 0 Å². The second-order valence-electron chi connectivity index (χ2n) is 7.49. The van der Waals surface area contributed by atoms with Crippen LogP contribution in [-0.2, 0) is 11.3 Å². The minimum Gasteiger partial charge on any atom is -0.357 e. The van der Waals surface area contributed by atoms with Gasteiger partial charge in [-0.3, -0.25) is 4.79 Å². The van der Waals surface area contributed by atoms with Crippen molar-refractivity contribution in [1.82, 2.24) is 10.6 Å². The summed E-state index contributed by atoms with van der Waals surface area (Å²) in [5, 5.41) is 9.70. The third-order valence-corrected chi connectivity index (χ3v) is 5.20. The van der Waals surface area contributed by atoms with Crippen molar-refractivity contribution < 1.29 is 4.79 Å². The minimum atomic E-state index is 0.0679. The number of aliphatic imine (C=N–C) groups is 1. The summed E-state index contributed by atoms with van der Waals surface area (Å²) >= 11 is 0. The summed E-state index contributed by atoms with van der Waals surface area (Å²) in [7, 11) is 0. The lowest BCUT2D eigenvalue weighted by Crippen LogP contribution is -2.40. The Hall–Kier alpha value is -2.82. The molecule has 1 aliphatic heterocycles. The van der Waals surface area contributed by atoms with Crippen LogP contribution in [0.1, 0.15) is 47.1 Å². The average molecular weight is 379 g/mol. The summed E-state index contributed by atoms with van der Waals surface area (Å²) in [5.74, 6) is 0.986. The van der Waals surface area contributed by atoms with Crippen LogP contribution < -0.4 is 16.0 Å². The summed E-state index contributed by atoms with van der Waals surface area (Å²) in [4.78, 5) is 16.8. The number of carbonyl (C=O) groups is 1. The van der Waals surface area contributed by atoms with Gasteiger partial charge in [0.1, 0.15) is 0 Å². The number of hydrogen-bond donors (Lipinski definition) is 3. The lowest BCUT2D eigenvalue weighted by Gasteiger charge is -2.26. The predicted molar refractivity (Wildman–Crippen MR) is 116 cm³/mol. The van der Waals surface area contributed by atoms with E-state index in [1.165, 1.54) is 27.8 Å². The highest BCUT2D eigenvalue weighted by molar-refractivity contribution is 5.94. The molecule has 0 aromatic heterocycles. The van der Waals surface area contributed by atoms with E-state index in [2.05, 4.69) is 61.8 Å². The highest BCUT2D eigenvalue weighted by Crippen LogP contribution is 2.31. The zero-order chi connectivity index (χ0) is 20.1. The SMILES string of the molecule is CCNC(=NCc1c(C)cc(C)cc1C)NCC1CC(=O)Nc2ccccc21. The molecule has 1 aliphatic rings. The van der Waals surface area contributed by atoms with Gasteiger partial charge in [0.25, 0.3) is 0 Å². The Kier molecular flexibility index (Phi) is 6.34.